The Hall–Kier alpha value is -3.20. The first-order valence-corrected chi connectivity index (χ1v) is 8.06. The van der Waals surface area contributed by atoms with Crippen molar-refractivity contribution >= 4 is 12.0 Å². The second-order valence-corrected chi connectivity index (χ2v) is 5.65. The first kappa shape index (κ1) is 16.7. The molecular weight excluding hydrogens is 313 g/mol. The molecule has 0 aliphatic carbocycles. The van der Waals surface area contributed by atoms with Crippen LogP contribution in [0.2, 0.25) is 0 Å². The molecule has 0 spiro atoms. The fraction of sp³-hybridized carbons (Fsp3) is 0.0455. The standard InChI is InChI=1S/C22H18FNO/c23-20-14-11-17(12-15-20)13-16-21(25)24-22(18-7-3-1-4-8-18)19-9-5-2-6-10-19/h1-16,22H,(H,24,25)/b16-13+. The van der Waals surface area contributed by atoms with E-state index in [0.29, 0.717) is 0 Å². The Kier molecular flexibility index (Phi) is 5.37. The van der Waals surface area contributed by atoms with Crippen LogP contribution in [0.25, 0.3) is 6.08 Å². The molecule has 3 aromatic carbocycles. The molecule has 0 bridgehead atoms. The summed E-state index contributed by atoms with van der Waals surface area (Å²) in [5.74, 6) is -0.503. The van der Waals surface area contributed by atoms with Crippen LogP contribution in [0.3, 0.4) is 0 Å². The molecule has 0 atom stereocenters. The van der Waals surface area contributed by atoms with Crippen molar-refractivity contribution in [2.24, 2.45) is 0 Å². The van der Waals surface area contributed by atoms with Crippen molar-refractivity contribution in [3.05, 3.63) is 114 Å². The minimum absolute atomic E-state index is 0.206. The summed E-state index contributed by atoms with van der Waals surface area (Å²) in [6, 6.07) is 25.4. The third-order valence-corrected chi connectivity index (χ3v) is 3.85. The summed E-state index contributed by atoms with van der Waals surface area (Å²) in [5, 5.41) is 3.03. The lowest BCUT2D eigenvalue weighted by Gasteiger charge is -2.19. The van der Waals surface area contributed by atoms with Gasteiger partial charge in [-0.2, -0.15) is 0 Å². The molecule has 0 aliphatic heterocycles. The normalized spacial score (nSPS) is 11.0. The van der Waals surface area contributed by atoms with Gasteiger partial charge in [0.25, 0.3) is 0 Å². The molecule has 124 valence electrons. The van der Waals surface area contributed by atoms with E-state index in [-0.39, 0.29) is 17.8 Å². The zero-order valence-electron chi connectivity index (χ0n) is 13.6. The molecule has 1 N–H and O–H groups in total. The highest BCUT2D eigenvalue weighted by Crippen LogP contribution is 2.21. The fourth-order valence-electron chi connectivity index (χ4n) is 2.59. The second kappa shape index (κ2) is 8.06. The van der Waals surface area contributed by atoms with E-state index in [0.717, 1.165) is 16.7 Å². The van der Waals surface area contributed by atoms with Crippen molar-refractivity contribution in [3.8, 4) is 0 Å². The molecule has 0 radical (unpaired) electrons. The molecular formula is C22H18FNO. The summed E-state index contributed by atoms with van der Waals surface area (Å²) >= 11 is 0. The molecule has 2 nitrogen and oxygen atoms in total. The van der Waals surface area contributed by atoms with Gasteiger partial charge in [-0.25, -0.2) is 4.39 Å². The number of hydrogen-bond donors (Lipinski definition) is 1. The fourth-order valence-corrected chi connectivity index (χ4v) is 2.59. The SMILES string of the molecule is O=C(/C=C/c1ccc(F)cc1)NC(c1ccccc1)c1ccccc1. The largest absolute Gasteiger partial charge is 0.342 e. The van der Waals surface area contributed by atoms with Crippen molar-refractivity contribution in [3.63, 3.8) is 0 Å². The maximum Gasteiger partial charge on any atom is 0.244 e. The molecule has 0 aromatic heterocycles. The predicted molar refractivity (Wildman–Crippen MR) is 98.3 cm³/mol. The average molecular weight is 331 g/mol. The van der Waals surface area contributed by atoms with E-state index in [1.807, 2.05) is 60.7 Å². The van der Waals surface area contributed by atoms with Gasteiger partial charge in [-0.1, -0.05) is 72.8 Å². The summed E-state index contributed by atoms with van der Waals surface area (Å²) in [6.45, 7) is 0. The Morgan fingerprint density at radius 2 is 1.32 bits per heavy atom. The number of amides is 1. The number of halogens is 1. The van der Waals surface area contributed by atoms with Gasteiger partial charge in [0.15, 0.2) is 0 Å². The van der Waals surface area contributed by atoms with Crippen LogP contribution in [0, 0.1) is 5.82 Å². The van der Waals surface area contributed by atoms with Crippen LogP contribution in [0.4, 0.5) is 4.39 Å². The first-order valence-electron chi connectivity index (χ1n) is 8.06. The second-order valence-electron chi connectivity index (χ2n) is 5.65. The topological polar surface area (TPSA) is 29.1 Å². The Balaban J connectivity index is 1.78. The molecule has 3 rings (SSSR count). The first-order chi connectivity index (χ1) is 12.2. The lowest BCUT2D eigenvalue weighted by molar-refractivity contribution is -0.116. The van der Waals surface area contributed by atoms with Gasteiger partial charge in [-0.3, -0.25) is 4.79 Å². The third-order valence-electron chi connectivity index (χ3n) is 3.85. The molecule has 0 fully saturated rings. The predicted octanol–water partition coefficient (Wildman–Crippen LogP) is 4.74. The number of nitrogens with one attached hydrogen (secondary N) is 1. The number of hydrogen-bond acceptors (Lipinski definition) is 1. The Labute approximate surface area is 146 Å². The van der Waals surface area contributed by atoms with Crippen LogP contribution in [0.1, 0.15) is 22.7 Å². The van der Waals surface area contributed by atoms with Crippen LogP contribution < -0.4 is 5.32 Å². The van der Waals surface area contributed by atoms with E-state index in [4.69, 9.17) is 0 Å². The van der Waals surface area contributed by atoms with E-state index in [2.05, 4.69) is 5.32 Å². The highest BCUT2D eigenvalue weighted by molar-refractivity contribution is 5.92. The van der Waals surface area contributed by atoms with Crippen molar-refractivity contribution in [2.45, 2.75) is 6.04 Å². The zero-order valence-corrected chi connectivity index (χ0v) is 13.6. The molecule has 0 aliphatic rings. The molecule has 0 saturated heterocycles. The highest BCUT2D eigenvalue weighted by Gasteiger charge is 2.15. The van der Waals surface area contributed by atoms with Gasteiger partial charge in [0.2, 0.25) is 5.91 Å². The van der Waals surface area contributed by atoms with Crippen molar-refractivity contribution in [1.29, 1.82) is 0 Å². The van der Waals surface area contributed by atoms with Gasteiger partial charge in [-0.15, -0.1) is 0 Å². The van der Waals surface area contributed by atoms with Gasteiger partial charge in [-0.05, 0) is 34.9 Å². The average Bonchev–Trinajstić information content (AvgIpc) is 2.67. The molecule has 0 unspecified atom stereocenters. The molecule has 0 saturated carbocycles. The third kappa shape index (κ3) is 4.64. The zero-order chi connectivity index (χ0) is 17.5. The summed E-state index contributed by atoms with van der Waals surface area (Å²) in [5.41, 5.74) is 2.79. The van der Waals surface area contributed by atoms with Crippen LogP contribution >= 0.6 is 0 Å². The van der Waals surface area contributed by atoms with Crippen molar-refractivity contribution in [1.82, 2.24) is 5.32 Å². The summed E-state index contributed by atoms with van der Waals surface area (Å²) < 4.78 is 12.9. The van der Waals surface area contributed by atoms with E-state index in [1.165, 1.54) is 18.2 Å². The smallest absolute Gasteiger partial charge is 0.244 e. The van der Waals surface area contributed by atoms with Gasteiger partial charge in [0.1, 0.15) is 5.82 Å². The van der Waals surface area contributed by atoms with Crippen LogP contribution in [0.5, 0.6) is 0 Å². The van der Waals surface area contributed by atoms with Crippen LogP contribution in [-0.2, 0) is 4.79 Å². The number of rotatable bonds is 5. The number of carbonyl (C=O) groups excluding carboxylic acids is 1. The molecule has 1 amide bonds. The molecule has 0 heterocycles. The number of carbonyl (C=O) groups is 1. The highest BCUT2D eigenvalue weighted by atomic mass is 19.1. The lowest BCUT2D eigenvalue weighted by atomic mass is 9.98. The van der Waals surface area contributed by atoms with E-state index in [1.54, 1.807) is 18.2 Å². The van der Waals surface area contributed by atoms with Gasteiger partial charge in [0, 0.05) is 6.08 Å². The van der Waals surface area contributed by atoms with Crippen LogP contribution in [-0.4, -0.2) is 5.91 Å². The Morgan fingerprint density at radius 3 is 1.84 bits per heavy atom. The Bertz CT molecular complexity index is 803. The summed E-state index contributed by atoms with van der Waals surface area (Å²) in [7, 11) is 0. The maximum absolute atomic E-state index is 12.9. The van der Waals surface area contributed by atoms with Crippen molar-refractivity contribution in [2.75, 3.05) is 0 Å². The van der Waals surface area contributed by atoms with E-state index >= 15 is 0 Å². The number of benzene rings is 3. The Morgan fingerprint density at radius 1 is 0.800 bits per heavy atom. The van der Waals surface area contributed by atoms with Gasteiger partial charge in [0.05, 0.1) is 6.04 Å². The van der Waals surface area contributed by atoms with Crippen LogP contribution in [0.15, 0.2) is 91.0 Å². The van der Waals surface area contributed by atoms with Gasteiger partial charge >= 0.3 is 0 Å². The molecule has 25 heavy (non-hydrogen) atoms. The quantitative estimate of drug-likeness (QED) is 0.672. The minimum Gasteiger partial charge on any atom is -0.342 e. The van der Waals surface area contributed by atoms with E-state index in [9.17, 15) is 9.18 Å². The van der Waals surface area contributed by atoms with E-state index < -0.39 is 0 Å². The lowest BCUT2D eigenvalue weighted by Crippen LogP contribution is -2.27. The van der Waals surface area contributed by atoms with Crippen molar-refractivity contribution < 1.29 is 9.18 Å². The maximum atomic E-state index is 12.9. The summed E-state index contributed by atoms with van der Waals surface area (Å²) in [4.78, 5) is 12.4. The monoisotopic (exact) mass is 331 g/mol. The minimum atomic E-state index is -0.296. The van der Waals surface area contributed by atoms with Gasteiger partial charge < -0.3 is 5.32 Å². The molecule has 3 aromatic rings. The molecule has 3 heteroatoms. The summed E-state index contributed by atoms with van der Waals surface area (Å²) in [6.07, 6.45) is 3.13.